The second-order valence-corrected chi connectivity index (χ2v) is 4.49. The SMILES string of the molecule is CNCCN(C)C(=O)c1ccccc1OC(C)C. The summed E-state index contributed by atoms with van der Waals surface area (Å²) in [6, 6.07) is 7.36. The fraction of sp³-hybridized carbons (Fsp3) is 0.500. The van der Waals surface area contributed by atoms with Crippen molar-refractivity contribution >= 4 is 5.91 Å². The molecule has 0 aliphatic carbocycles. The van der Waals surface area contributed by atoms with Crippen LogP contribution in [0.2, 0.25) is 0 Å². The van der Waals surface area contributed by atoms with Crippen molar-refractivity contribution in [3.05, 3.63) is 29.8 Å². The molecule has 0 saturated heterocycles. The second-order valence-electron chi connectivity index (χ2n) is 4.49. The zero-order valence-electron chi connectivity index (χ0n) is 11.6. The summed E-state index contributed by atoms with van der Waals surface area (Å²) in [4.78, 5) is 14.0. The average Bonchev–Trinajstić information content (AvgIpc) is 2.35. The van der Waals surface area contributed by atoms with Crippen LogP contribution >= 0.6 is 0 Å². The van der Waals surface area contributed by atoms with Crippen LogP contribution < -0.4 is 10.1 Å². The van der Waals surface area contributed by atoms with Crippen LogP contribution in [-0.2, 0) is 0 Å². The molecule has 18 heavy (non-hydrogen) atoms. The molecule has 0 heterocycles. The molecule has 1 N–H and O–H groups in total. The van der Waals surface area contributed by atoms with E-state index < -0.39 is 0 Å². The van der Waals surface area contributed by atoms with E-state index in [9.17, 15) is 4.79 Å². The minimum atomic E-state index is -0.0125. The van der Waals surface area contributed by atoms with E-state index in [4.69, 9.17) is 4.74 Å². The van der Waals surface area contributed by atoms with Crippen LogP contribution in [0.4, 0.5) is 0 Å². The first kappa shape index (κ1) is 14.5. The van der Waals surface area contributed by atoms with E-state index in [1.54, 1.807) is 18.0 Å². The Morgan fingerprint density at radius 3 is 2.67 bits per heavy atom. The van der Waals surface area contributed by atoms with Gasteiger partial charge in [0.2, 0.25) is 0 Å². The van der Waals surface area contributed by atoms with Crippen molar-refractivity contribution in [2.24, 2.45) is 0 Å². The van der Waals surface area contributed by atoms with E-state index in [-0.39, 0.29) is 12.0 Å². The van der Waals surface area contributed by atoms with E-state index in [0.29, 0.717) is 17.9 Å². The van der Waals surface area contributed by atoms with Gasteiger partial charge in [0.05, 0.1) is 11.7 Å². The number of ether oxygens (including phenoxy) is 1. The van der Waals surface area contributed by atoms with E-state index in [1.807, 2.05) is 39.1 Å². The van der Waals surface area contributed by atoms with Gasteiger partial charge >= 0.3 is 0 Å². The Bertz CT molecular complexity index is 391. The molecular weight excluding hydrogens is 228 g/mol. The van der Waals surface area contributed by atoms with Crippen molar-refractivity contribution in [3.63, 3.8) is 0 Å². The van der Waals surface area contributed by atoms with Gasteiger partial charge in [-0.15, -0.1) is 0 Å². The molecule has 4 nitrogen and oxygen atoms in total. The third-order valence-electron chi connectivity index (χ3n) is 2.52. The molecule has 4 heteroatoms. The van der Waals surface area contributed by atoms with E-state index in [1.165, 1.54) is 0 Å². The zero-order chi connectivity index (χ0) is 13.5. The topological polar surface area (TPSA) is 41.6 Å². The number of para-hydroxylation sites is 1. The Morgan fingerprint density at radius 1 is 1.39 bits per heavy atom. The molecule has 100 valence electrons. The first-order valence-corrected chi connectivity index (χ1v) is 6.22. The first-order valence-electron chi connectivity index (χ1n) is 6.22. The monoisotopic (exact) mass is 250 g/mol. The number of hydrogen-bond acceptors (Lipinski definition) is 3. The molecular formula is C14H22N2O2. The molecule has 0 spiro atoms. The summed E-state index contributed by atoms with van der Waals surface area (Å²) in [7, 11) is 3.67. The summed E-state index contributed by atoms with van der Waals surface area (Å²) >= 11 is 0. The number of rotatable bonds is 6. The maximum atomic E-state index is 12.3. The van der Waals surface area contributed by atoms with E-state index in [0.717, 1.165) is 6.54 Å². The van der Waals surface area contributed by atoms with E-state index >= 15 is 0 Å². The molecule has 0 saturated carbocycles. The summed E-state index contributed by atoms with van der Waals surface area (Å²) in [6.07, 6.45) is 0.0570. The lowest BCUT2D eigenvalue weighted by Crippen LogP contribution is -2.33. The lowest BCUT2D eigenvalue weighted by molar-refractivity contribution is 0.0790. The Balaban J connectivity index is 2.84. The predicted molar refractivity (Wildman–Crippen MR) is 73.1 cm³/mol. The van der Waals surface area contributed by atoms with Gasteiger partial charge in [-0.1, -0.05) is 12.1 Å². The maximum Gasteiger partial charge on any atom is 0.257 e. The van der Waals surface area contributed by atoms with E-state index in [2.05, 4.69) is 5.32 Å². The average molecular weight is 250 g/mol. The van der Waals surface area contributed by atoms with Crippen LogP contribution in [0.3, 0.4) is 0 Å². The number of amides is 1. The van der Waals surface area contributed by atoms with Crippen molar-refractivity contribution in [1.82, 2.24) is 10.2 Å². The molecule has 0 aliphatic heterocycles. The van der Waals surface area contributed by atoms with Gasteiger partial charge in [0, 0.05) is 20.1 Å². The van der Waals surface area contributed by atoms with Gasteiger partial charge in [-0.3, -0.25) is 4.79 Å². The third-order valence-corrected chi connectivity index (χ3v) is 2.52. The van der Waals surface area contributed by atoms with Crippen molar-refractivity contribution in [2.75, 3.05) is 27.2 Å². The van der Waals surface area contributed by atoms with Gasteiger partial charge in [-0.2, -0.15) is 0 Å². The van der Waals surface area contributed by atoms with Crippen LogP contribution in [0.25, 0.3) is 0 Å². The molecule has 1 aromatic rings. The Labute approximate surface area is 109 Å². The number of carbonyl (C=O) groups excluding carboxylic acids is 1. The number of likely N-dealkylation sites (N-methyl/N-ethyl adjacent to an activating group) is 2. The summed E-state index contributed by atoms with van der Waals surface area (Å²) in [6.45, 7) is 5.35. The maximum absolute atomic E-state index is 12.3. The number of nitrogens with one attached hydrogen (secondary N) is 1. The number of carbonyl (C=O) groups is 1. The Kier molecular flexibility index (Phi) is 5.65. The minimum Gasteiger partial charge on any atom is -0.490 e. The van der Waals surface area contributed by atoms with Gasteiger partial charge in [0.1, 0.15) is 5.75 Å². The molecule has 0 aliphatic rings. The quantitative estimate of drug-likeness (QED) is 0.836. The van der Waals surface area contributed by atoms with Gasteiger partial charge in [0.15, 0.2) is 0 Å². The smallest absolute Gasteiger partial charge is 0.257 e. The molecule has 0 atom stereocenters. The van der Waals surface area contributed by atoms with Crippen LogP contribution in [0.1, 0.15) is 24.2 Å². The van der Waals surface area contributed by atoms with Crippen molar-refractivity contribution < 1.29 is 9.53 Å². The van der Waals surface area contributed by atoms with Crippen molar-refractivity contribution in [1.29, 1.82) is 0 Å². The Morgan fingerprint density at radius 2 is 2.06 bits per heavy atom. The Hall–Kier alpha value is -1.55. The van der Waals surface area contributed by atoms with Gasteiger partial charge in [0.25, 0.3) is 5.91 Å². The summed E-state index contributed by atoms with van der Waals surface area (Å²) < 4.78 is 5.66. The molecule has 0 unspecified atom stereocenters. The van der Waals surface area contributed by atoms with Crippen LogP contribution in [0.5, 0.6) is 5.75 Å². The van der Waals surface area contributed by atoms with Crippen LogP contribution in [0.15, 0.2) is 24.3 Å². The van der Waals surface area contributed by atoms with Gasteiger partial charge in [-0.25, -0.2) is 0 Å². The fourth-order valence-electron chi connectivity index (χ4n) is 1.59. The minimum absolute atomic E-state index is 0.0125. The van der Waals surface area contributed by atoms with Crippen molar-refractivity contribution in [2.45, 2.75) is 20.0 Å². The molecule has 0 radical (unpaired) electrons. The largest absolute Gasteiger partial charge is 0.490 e. The van der Waals surface area contributed by atoms with Crippen LogP contribution in [0, 0.1) is 0 Å². The fourth-order valence-corrected chi connectivity index (χ4v) is 1.59. The number of hydrogen-bond donors (Lipinski definition) is 1. The molecule has 1 aromatic carbocycles. The summed E-state index contributed by atoms with van der Waals surface area (Å²) in [5, 5.41) is 3.03. The van der Waals surface area contributed by atoms with Crippen LogP contribution in [-0.4, -0.2) is 44.1 Å². The predicted octanol–water partition coefficient (Wildman–Crippen LogP) is 1.77. The third kappa shape index (κ3) is 4.04. The number of nitrogens with zero attached hydrogens (tertiary/aromatic N) is 1. The highest BCUT2D eigenvalue weighted by Gasteiger charge is 2.16. The molecule has 1 rings (SSSR count). The standard InChI is InChI=1S/C14H22N2O2/c1-11(2)18-13-8-6-5-7-12(13)14(17)16(4)10-9-15-3/h5-8,11,15H,9-10H2,1-4H3. The zero-order valence-corrected chi connectivity index (χ0v) is 11.6. The van der Waals surface area contributed by atoms with Gasteiger partial charge in [-0.05, 0) is 33.0 Å². The summed E-state index contributed by atoms with van der Waals surface area (Å²) in [5.74, 6) is 0.635. The normalized spacial score (nSPS) is 10.5. The van der Waals surface area contributed by atoms with Crippen molar-refractivity contribution in [3.8, 4) is 5.75 Å². The first-order chi connectivity index (χ1) is 8.56. The lowest BCUT2D eigenvalue weighted by atomic mass is 10.1. The highest BCUT2D eigenvalue weighted by Crippen LogP contribution is 2.20. The highest BCUT2D eigenvalue weighted by molar-refractivity contribution is 5.96. The molecule has 0 aromatic heterocycles. The number of benzene rings is 1. The highest BCUT2D eigenvalue weighted by atomic mass is 16.5. The second kappa shape index (κ2) is 7.01. The molecule has 0 bridgehead atoms. The molecule has 1 amide bonds. The summed E-state index contributed by atoms with van der Waals surface area (Å²) in [5.41, 5.74) is 0.616. The lowest BCUT2D eigenvalue weighted by Gasteiger charge is -2.19. The molecule has 0 fully saturated rings. The van der Waals surface area contributed by atoms with Gasteiger partial charge < -0.3 is 15.0 Å².